The predicted octanol–water partition coefficient (Wildman–Crippen LogP) is 4.04. The second-order valence-electron chi connectivity index (χ2n) is 7.92. The molecule has 1 aliphatic rings. The molecule has 32 heavy (non-hydrogen) atoms. The van der Waals surface area contributed by atoms with Crippen LogP contribution in [0.5, 0.6) is 0 Å². The van der Waals surface area contributed by atoms with E-state index in [1.807, 2.05) is 6.92 Å². The molecule has 1 N–H and O–H groups in total. The van der Waals surface area contributed by atoms with E-state index in [1.54, 1.807) is 35.7 Å². The van der Waals surface area contributed by atoms with Gasteiger partial charge in [-0.05, 0) is 38.0 Å². The number of furan rings is 1. The van der Waals surface area contributed by atoms with Crippen LogP contribution in [0.4, 0.5) is 0 Å². The molecule has 0 atom stereocenters. The van der Waals surface area contributed by atoms with Crippen LogP contribution in [-0.2, 0) is 20.0 Å². The lowest BCUT2D eigenvalue weighted by Crippen LogP contribution is -2.39. The smallest absolute Gasteiger partial charge is 0.256 e. The minimum absolute atomic E-state index is 0.133. The Kier molecular flexibility index (Phi) is 4.87. The zero-order valence-electron chi connectivity index (χ0n) is 17.6. The molecule has 0 saturated carbocycles. The Morgan fingerprint density at radius 1 is 1.25 bits per heavy atom. The van der Waals surface area contributed by atoms with E-state index in [-0.39, 0.29) is 18.0 Å². The number of nitrogens with zero attached hydrogens (tertiary/aromatic N) is 4. The summed E-state index contributed by atoms with van der Waals surface area (Å²) in [6.45, 7) is 4.15. The van der Waals surface area contributed by atoms with Crippen molar-refractivity contribution in [1.82, 2.24) is 24.9 Å². The molecular weight excluding hydrogens is 453 g/mol. The third-order valence-corrected chi connectivity index (χ3v) is 6.69. The SMILES string of the molecule is Cc1nnn(C)c1-c1cc(Cl)c2c(c1Cl)C(=O)N(Cc1c(=O)[nH]c(C)c3occc13)CC2. The van der Waals surface area contributed by atoms with E-state index < -0.39 is 0 Å². The monoisotopic (exact) mass is 471 g/mol. The summed E-state index contributed by atoms with van der Waals surface area (Å²) in [5, 5.41) is 9.57. The summed E-state index contributed by atoms with van der Waals surface area (Å²) in [6, 6.07) is 3.51. The largest absolute Gasteiger partial charge is 0.463 e. The van der Waals surface area contributed by atoms with Crippen molar-refractivity contribution in [3.8, 4) is 11.3 Å². The first-order chi connectivity index (χ1) is 15.3. The second kappa shape index (κ2) is 7.50. The van der Waals surface area contributed by atoms with Crippen molar-refractivity contribution in [3.05, 3.63) is 66.9 Å². The minimum atomic E-state index is -0.274. The van der Waals surface area contributed by atoms with Crippen molar-refractivity contribution < 1.29 is 9.21 Å². The molecule has 0 aliphatic carbocycles. The molecule has 0 fully saturated rings. The Labute approximate surface area is 192 Å². The molecule has 4 aromatic rings. The van der Waals surface area contributed by atoms with Crippen molar-refractivity contribution in [2.45, 2.75) is 26.8 Å². The maximum absolute atomic E-state index is 13.5. The number of aromatic amines is 1. The van der Waals surface area contributed by atoms with Crippen LogP contribution >= 0.6 is 23.2 Å². The molecule has 4 heterocycles. The number of aromatic nitrogens is 4. The lowest BCUT2D eigenvalue weighted by molar-refractivity contribution is 0.0727. The van der Waals surface area contributed by atoms with Crippen molar-refractivity contribution in [2.75, 3.05) is 6.54 Å². The highest BCUT2D eigenvalue weighted by Gasteiger charge is 2.32. The first-order valence-corrected chi connectivity index (χ1v) is 10.8. The third kappa shape index (κ3) is 3.05. The summed E-state index contributed by atoms with van der Waals surface area (Å²) in [5.74, 6) is -0.274. The number of fused-ring (bicyclic) bond motifs is 2. The molecule has 8 nitrogen and oxygen atoms in total. The number of carbonyl (C=O) groups excluding carboxylic acids is 1. The highest BCUT2D eigenvalue weighted by Crippen LogP contribution is 2.40. The summed E-state index contributed by atoms with van der Waals surface area (Å²) in [6.07, 6.45) is 2.07. The Morgan fingerprint density at radius 3 is 2.75 bits per heavy atom. The van der Waals surface area contributed by atoms with E-state index in [1.165, 1.54) is 6.26 Å². The van der Waals surface area contributed by atoms with E-state index in [0.29, 0.717) is 73.3 Å². The van der Waals surface area contributed by atoms with Crippen LogP contribution in [0.2, 0.25) is 10.0 Å². The molecule has 5 rings (SSSR count). The summed E-state index contributed by atoms with van der Waals surface area (Å²) >= 11 is 13.3. The van der Waals surface area contributed by atoms with Gasteiger partial charge in [0.2, 0.25) is 0 Å². The lowest BCUT2D eigenvalue weighted by Gasteiger charge is -2.30. The fraction of sp³-hybridized carbons (Fsp3) is 0.273. The Bertz CT molecular complexity index is 1450. The number of halogens is 2. The van der Waals surface area contributed by atoms with Gasteiger partial charge in [-0.3, -0.25) is 9.59 Å². The highest BCUT2D eigenvalue weighted by molar-refractivity contribution is 6.39. The van der Waals surface area contributed by atoms with Gasteiger partial charge in [-0.15, -0.1) is 5.10 Å². The average Bonchev–Trinajstić information content (AvgIpc) is 3.36. The van der Waals surface area contributed by atoms with Crippen LogP contribution in [0, 0.1) is 13.8 Å². The van der Waals surface area contributed by atoms with E-state index >= 15 is 0 Å². The summed E-state index contributed by atoms with van der Waals surface area (Å²) in [7, 11) is 1.76. The maximum Gasteiger partial charge on any atom is 0.256 e. The van der Waals surface area contributed by atoms with Crippen LogP contribution in [0.15, 0.2) is 27.6 Å². The van der Waals surface area contributed by atoms with Gasteiger partial charge in [0.25, 0.3) is 11.5 Å². The first kappa shape index (κ1) is 20.8. The van der Waals surface area contributed by atoms with Crippen molar-refractivity contribution in [1.29, 1.82) is 0 Å². The van der Waals surface area contributed by atoms with Crippen LogP contribution < -0.4 is 5.56 Å². The number of H-pyrrole nitrogens is 1. The molecule has 0 spiro atoms. The molecule has 1 aliphatic heterocycles. The van der Waals surface area contributed by atoms with Gasteiger partial charge in [0.1, 0.15) is 0 Å². The molecule has 164 valence electrons. The minimum Gasteiger partial charge on any atom is -0.463 e. The Morgan fingerprint density at radius 2 is 2.03 bits per heavy atom. The average molecular weight is 472 g/mol. The van der Waals surface area contributed by atoms with Gasteiger partial charge in [0.15, 0.2) is 5.58 Å². The Hall–Kier alpha value is -3.10. The maximum atomic E-state index is 13.5. The van der Waals surface area contributed by atoms with Gasteiger partial charge < -0.3 is 14.3 Å². The quantitative estimate of drug-likeness (QED) is 0.486. The first-order valence-electron chi connectivity index (χ1n) is 10.0. The van der Waals surface area contributed by atoms with Gasteiger partial charge >= 0.3 is 0 Å². The molecular formula is C22H19Cl2N5O3. The van der Waals surface area contributed by atoms with Crippen LogP contribution in [-0.4, -0.2) is 37.3 Å². The summed E-state index contributed by atoms with van der Waals surface area (Å²) in [5.41, 5.74) is 4.51. The number of aryl methyl sites for hydroxylation is 3. The van der Waals surface area contributed by atoms with Crippen LogP contribution in [0.25, 0.3) is 22.2 Å². The van der Waals surface area contributed by atoms with Gasteiger partial charge in [-0.1, -0.05) is 28.4 Å². The Balaban J connectivity index is 1.60. The van der Waals surface area contributed by atoms with E-state index in [0.717, 1.165) is 0 Å². The van der Waals surface area contributed by atoms with Crippen LogP contribution in [0.3, 0.4) is 0 Å². The number of benzene rings is 1. The zero-order chi connectivity index (χ0) is 22.7. The highest BCUT2D eigenvalue weighted by atomic mass is 35.5. The van der Waals surface area contributed by atoms with Gasteiger partial charge in [0.05, 0.1) is 40.5 Å². The summed E-state index contributed by atoms with van der Waals surface area (Å²) in [4.78, 5) is 30.7. The van der Waals surface area contributed by atoms with Crippen molar-refractivity contribution >= 4 is 40.1 Å². The third-order valence-electron chi connectivity index (χ3n) is 5.96. The molecule has 0 radical (unpaired) electrons. The van der Waals surface area contributed by atoms with E-state index in [2.05, 4.69) is 15.3 Å². The van der Waals surface area contributed by atoms with Crippen LogP contribution in [0.1, 0.15) is 32.9 Å². The summed E-state index contributed by atoms with van der Waals surface area (Å²) < 4.78 is 7.11. The van der Waals surface area contributed by atoms with E-state index in [9.17, 15) is 9.59 Å². The van der Waals surface area contributed by atoms with Gasteiger partial charge in [-0.25, -0.2) is 4.68 Å². The van der Waals surface area contributed by atoms with Crippen molar-refractivity contribution in [3.63, 3.8) is 0 Å². The topological polar surface area (TPSA) is 97.0 Å². The fourth-order valence-corrected chi connectivity index (χ4v) is 5.04. The zero-order valence-corrected chi connectivity index (χ0v) is 19.1. The fourth-order valence-electron chi connectivity index (χ4n) is 4.40. The number of carbonyl (C=O) groups is 1. The predicted molar refractivity (Wildman–Crippen MR) is 121 cm³/mol. The molecule has 0 saturated heterocycles. The number of amides is 1. The molecule has 3 aromatic heterocycles. The second-order valence-corrected chi connectivity index (χ2v) is 8.70. The normalized spacial score (nSPS) is 13.8. The van der Waals surface area contributed by atoms with Gasteiger partial charge in [-0.2, -0.15) is 0 Å². The lowest BCUT2D eigenvalue weighted by atomic mass is 9.94. The molecule has 0 bridgehead atoms. The standard InChI is InChI=1S/C22H19Cl2N5O3/c1-10-19(28(3)27-26-10)14-8-16(23)13-4-6-29(22(31)17(13)18(14)24)9-15-12-5-7-32-20(12)11(2)25-21(15)30/h5,7-8H,4,6,9H2,1-3H3,(H,25,30). The number of hydrogen-bond acceptors (Lipinski definition) is 5. The molecule has 1 amide bonds. The number of rotatable bonds is 3. The number of pyridine rings is 1. The molecule has 1 aromatic carbocycles. The molecule has 10 heteroatoms. The number of hydrogen-bond donors (Lipinski definition) is 1. The molecule has 0 unspecified atom stereocenters. The van der Waals surface area contributed by atoms with Gasteiger partial charge in [0, 0.05) is 35.1 Å². The van der Waals surface area contributed by atoms with Crippen molar-refractivity contribution in [2.24, 2.45) is 7.05 Å². The van der Waals surface area contributed by atoms with E-state index in [4.69, 9.17) is 27.6 Å². The number of nitrogens with one attached hydrogen (secondary N) is 1.